The minimum Gasteiger partial charge on any atom is -0.349 e. The van der Waals surface area contributed by atoms with Crippen LogP contribution in [0.25, 0.3) is 0 Å². The summed E-state index contributed by atoms with van der Waals surface area (Å²) in [6, 6.07) is 6.88. The molecule has 5 nitrogen and oxygen atoms in total. The van der Waals surface area contributed by atoms with Crippen LogP contribution in [0, 0.1) is 0 Å². The lowest BCUT2D eigenvalue weighted by atomic mass is 9.90. The van der Waals surface area contributed by atoms with Gasteiger partial charge in [0.1, 0.15) is 0 Å². The van der Waals surface area contributed by atoms with Crippen molar-refractivity contribution in [3.63, 3.8) is 0 Å². The summed E-state index contributed by atoms with van der Waals surface area (Å²) >= 11 is 0. The van der Waals surface area contributed by atoms with Gasteiger partial charge >= 0.3 is 0 Å². The van der Waals surface area contributed by atoms with Gasteiger partial charge in [-0.3, -0.25) is 9.59 Å². The number of carbonyl (C=O) groups is 2. The van der Waals surface area contributed by atoms with E-state index >= 15 is 0 Å². The van der Waals surface area contributed by atoms with Gasteiger partial charge in [-0.1, -0.05) is 6.08 Å². The van der Waals surface area contributed by atoms with Crippen LogP contribution in [0.4, 0.5) is 5.69 Å². The van der Waals surface area contributed by atoms with E-state index in [-0.39, 0.29) is 24.2 Å². The summed E-state index contributed by atoms with van der Waals surface area (Å²) in [5, 5.41) is 8.91. The van der Waals surface area contributed by atoms with E-state index in [9.17, 15) is 9.59 Å². The molecular formula is C17H24ClN3O2. The molecule has 6 heteroatoms. The molecule has 1 aromatic rings. The smallest absolute Gasteiger partial charge is 0.251 e. The minimum atomic E-state index is -0.516. The van der Waals surface area contributed by atoms with Gasteiger partial charge in [-0.05, 0) is 57.0 Å². The third-order valence-corrected chi connectivity index (χ3v) is 3.93. The lowest BCUT2D eigenvalue weighted by molar-refractivity contribution is -0.122. The van der Waals surface area contributed by atoms with Crippen LogP contribution in [0.3, 0.4) is 0 Å². The summed E-state index contributed by atoms with van der Waals surface area (Å²) in [5.41, 5.74) is 0.735. The highest BCUT2D eigenvalue weighted by atomic mass is 35.5. The highest BCUT2D eigenvalue weighted by Crippen LogP contribution is 2.21. The van der Waals surface area contributed by atoms with E-state index < -0.39 is 5.54 Å². The SMILES string of the molecule is C=CCNC(=O)c1ccc(NC(=O)C2(C)CCCCN2)cc1.Cl. The molecule has 0 spiro atoms. The van der Waals surface area contributed by atoms with Crippen LogP contribution in [0.5, 0.6) is 0 Å². The zero-order chi connectivity index (χ0) is 16.0. The number of nitrogens with one attached hydrogen (secondary N) is 3. The van der Waals surface area contributed by atoms with E-state index in [4.69, 9.17) is 0 Å². The van der Waals surface area contributed by atoms with Crippen LogP contribution in [-0.2, 0) is 4.79 Å². The van der Waals surface area contributed by atoms with Crippen LogP contribution in [0.15, 0.2) is 36.9 Å². The largest absolute Gasteiger partial charge is 0.349 e. The normalized spacial score (nSPS) is 20.0. The summed E-state index contributed by atoms with van der Waals surface area (Å²) in [4.78, 5) is 24.2. The first kappa shape index (κ1) is 19.2. The van der Waals surface area contributed by atoms with Crippen molar-refractivity contribution in [3.05, 3.63) is 42.5 Å². The molecular weight excluding hydrogens is 314 g/mol. The van der Waals surface area contributed by atoms with Crippen LogP contribution in [0.2, 0.25) is 0 Å². The lowest BCUT2D eigenvalue weighted by Gasteiger charge is -2.33. The molecule has 0 aliphatic carbocycles. The molecule has 1 aliphatic heterocycles. The van der Waals surface area contributed by atoms with Crippen molar-refractivity contribution in [2.45, 2.75) is 31.7 Å². The molecule has 1 aromatic carbocycles. The number of rotatable bonds is 5. The van der Waals surface area contributed by atoms with Gasteiger partial charge in [-0.15, -0.1) is 19.0 Å². The standard InChI is InChI=1S/C17H23N3O2.ClH/c1-3-11-18-15(21)13-6-8-14(9-7-13)20-16(22)17(2)10-4-5-12-19-17;/h3,6-9,19H,1,4-5,10-12H2,2H3,(H,18,21)(H,20,22);1H. The molecule has 1 saturated heterocycles. The fourth-order valence-electron chi connectivity index (χ4n) is 2.49. The minimum absolute atomic E-state index is 0. The van der Waals surface area contributed by atoms with Crippen molar-refractivity contribution < 1.29 is 9.59 Å². The van der Waals surface area contributed by atoms with E-state index in [0.29, 0.717) is 17.8 Å². The van der Waals surface area contributed by atoms with Crippen molar-refractivity contribution in [2.24, 2.45) is 0 Å². The number of hydrogen-bond donors (Lipinski definition) is 3. The van der Waals surface area contributed by atoms with E-state index in [1.807, 2.05) is 6.92 Å². The summed E-state index contributed by atoms with van der Waals surface area (Å²) in [6.07, 6.45) is 4.63. The first-order valence-electron chi connectivity index (χ1n) is 7.61. The van der Waals surface area contributed by atoms with E-state index in [0.717, 1.165) is 25.8 Å². The summed E-state index contributed by atoms with van der Waals surface area (Å²) in [7, 11) is 0. The van der Waals surface area contributed by atoms with Crippen molar-refractivity contribution in [2.75, 3.05) is 18.4 Å². The Hall–Kier alpha value is -1.85. The molecule has 1 fully saturated rings. The van der Waals surface area contributed by atoms with Gasteiger partial charge in [0.05, 0.1) is 5.54 Å². The number of anilines is 1. The zero-order valence-electron chi connectivity index (χ0n) is 13.4. The number of halogens is 1. The highest BCUT2D eigenvalue weighted by Gasteiger charge is 2.34. The van der Waals surface area contributed by atoms with Crippen molar-refractivity contribution in [3.8, 4) is 0 Å². The molecule has 126 valence electrons. The number of amides is 2. The van der Waals surface area contributed by atoms with Gasteiger partial charge in [0.25, 0.3) is 5.91 Å². The lowest BCUT2D eigenvalue weighted by Crippen LogP contribution is -2.54. The van der Waals surface area contributed by atoms with E-state index in [1.54, 1.807) is 30.3 Å². The zero-order valence-corrected chi connectivity index (χ0v) is 14.2. The Morgan fingerprint density at radius 3 is 2.57 bits per heavy atom. The first-order valence-corrected chi connectivity index (χ1v) is 7.61. The maximum atomic E-state index is 12.4. The Labute approximate surface area is 143 Å². The van der Waals surface area contributed by atoms with Crippen molar-refractivity contribution >= 4 is 29.9 Å². The number of carbonyl (C=O) groups excluding carboxylic acids is 2. The predicted molar refractivity (Wildman–Crippen MR) is 95.1 cm³/mol. The van der Waals surface area contributed by atoms with Gasteiger partial charge in [0.2, 0.25) is 5.91 Å². The molecule has 1 heterocycles. The van der Waals surface area contributed by atoms with Crippen LogP contribution in [0.1, 0.15) is 36.5 Å². The molecule has 0 bridgehead atoms. The molecule has 1 aliphatic rings. The first-order chi connectivity index (χ1) is 10.5. The second kappa shape index (κ2) is 8.70. The molecule has 0 radical (unpaired) electrons. The molecule has 23 heavy (non-hydrogen) atoms. The molecule has 1 unspecified atom stereocenters. The molecule has 2 amide bonds. The molecule has 2 rings (SSSR count). The molecule has 1 atom stereocenters. The van der Waals surface area contributed by atoms with Gasteiger partial charge in [0, 0.05) is 17.8 Å². The average molecular weight is 338 g/mol. The Kier molecular flexibility index (Phi) is 7.26. The Morgan fingerprint density at radius 1 is 1.30 bits per heavy atom. The predicted octanol–water partition coefficient (Wildman–Crippen LogP) is 2.49. The topological polar surface area (TPSA) is 70.2 Å². The molecule has 3 N–H and O–H groups in total. The second-order valence-corrected chi connectivity index (χ2v) is 5.75. The fourth-order valence-corrected chi connectivity index (χ4v) is 2.49. The average Bonchev–Trinajstić information content (AvgIpc) is 2.54. The molecule has 0 saturated carbocycles. The summed E-state index contributed by atoms with van der Waals surface area (Å²) in [6.45, 7) is 6.78. The Bertz CT molecular complexity index is 551. The summed E-state index contributed by atoms with van der Waals surface area (Å²) < 4.78 is 0. The number of piperidine rings is 1. The van der Waals surface area contributed by atoms with Crippen LogP contribution < -0.4 is 16.0 Å². The maximum Gasteiger partial charge on any atom is 0.251 e. The van der Waals surface area contributed by atoms with Crippen molar-refractivity contribution in [1.29, 1.82) is 0 Å². The van der Waals surface area contributed by atoms with Gasteiger partial charge in [0.15, 0.2) is 0 Å². The van der Waals surface area contributed by atoms with Gasteiger partial charge in [-0.25, -0.2) is 0 Å². The number of hydrogen-bond acceptors (Lipinski definition) is 3. The third-order valence-electron chi connectivity index (χ3n) is 3.93. The van der Waals surface area contributed by atoms with Gasteiger partial charge < -0.3 is 16.0 Å². The van der Waals surface area contributed by atoms with Crippen LogP contribution >= 0.6 is 12.4 Å². The monoisotopic (exact) mass is 337 g/mol. The van der Waals surface area contributed by atoms with E-state index in [2.05, 4.69) is 22.5 Å². The summed E-state index contributed by atoms with van der Waals surface area (Å²) in [5.74, 6) is -0.185. The third kappa shape index (κ3) is 5.08. The van der Waals surface area contributed by atoms with Gasteiger partial charge in [-0.2, -0.15) is 0 Å². The van der Waals surface area contributed by atoms with Crippen molar-refractivity contribution in [1.82, 2.24) is 10.6 Å². The quantitative estimate of drug-likeness (QED) is 0.723. The van der Waals surface area contributed by atoms with E-state index in [1.165, 1.54) is 0 Å². The maximum absolute atomic E-state index is 12.4. The Balaban J connectivity index is 0.00000264. The highest BCUT2D eigenvalue weighted by molar-refractivity contribution is 5.99. The Morgan fingerprint density at radius 2 is 2.00 bits per heavy atom. The fraction of sp³-hybridized carbons (Fsp3) is 0.412. The second-order valence-electron chi connectivity index (χ2n) is 5.75. The number of benzene rings is 1. The van der Waals surface area contributed by atoms with Crippen LogP contribution in [-0.4, -0.2) is 30.4 Å². The molecule has 0 aromatic heterocycles.